The number of rotatable bonds is 4. The van der Waals surface area contributed by atoms with Gasteiger partial charge in [-0.3, -0.25) is 29.4 Å². The van der Waals surface area contributed by atoms with Crippen molar-refractivity contribution >= 4 is 45.6 Å². The van der Waals surface area contributed by atoms with Crippen LogP contribution in [0, 0.1) is 10.1 Å². The number of amides is 2. The minimum atomic E-state index is -0.536. The molecule has 1 fully saturated rings. The van der Waals surface area contributed by atoms with Crippen molar-refractivity contribution in [2.45, 2.75) is 6.54 Å². The molecule has 8 nitrogen and oxygen atoms in total. The molecular formula is C20H12N2O6S. The number of nitro groups is 1. The SMILES string of the molecule is O=C1S/C(=C\c2coc3ccccc3c2=O)C(=O)N1Cc1ccc([N+](=O)[O-])cc1. The molecule has 1 saturated heterocycles. The van der Waals surface area contributed by atoms with E-state index in [2.05, 4.69) is 0 Å². The first-order valence-corrected chi connectivity index (χ1v) is 9.25. The van der Waals surface area contributed by atoms with Gasteiger partial charge in [-0.25, -0.2) is 0 Å². The van der Waals surface area contributed by atoms with Crippen molar-refractivity contribution < 1.29 is 18.9 Å². The number of hydrogen-bond donors (Lipinski definition) is 0. The molecule has 144 valence electrons. The summed E-state index contributed by atoms with van der Waals surface area (Å²) in [5, 5.41) is 10.6. The Hall–Kier alpha value is -3.72. The predicted octanol–water partition coefficient (Wildman–Crippen LogP) is 3.94. The average Bonchev–Trinajstić information content (AvgIpc) is 2.98. The second-order valence-electron chi connectivity index (χ2n) is 6.21. The van der Waals surface area contributed by atoms with E-state index < -0.39 is 16.1 Å². The van der Waals surface area contributed by atoms with Gasteiger partial charge in [0.05, 0.1) is 27.3 Å². The van der Waals surface area contributed by atoms with Gasteiger partial charge < -0.3 is 4.42 Å². The molecule has 1 aliphatic rings. The second kappa shape index (κ2) is 7.36. The van der Waals surface area contributed by atoms with Crippen LogP contribution in [0.25, 0.3) is 17.0 Å². The van der Waals surface area contributed by atoms with Crippen LogP contribution in [0.4, 0.5) is 10.5 Å². The van der Waals surface area contributed by atoms with Crippen molar-refractivity contribution in [3.63, 3.8) is 0 Å². The number of nitro benzene ring substituents is 1. The van der Waals surface area contributed by atoms with Crippen LogP contribution in [-0.4, -0.2) is 21.0 Å². The van der Waals surface area contributed by atoms with Crippen LogP contribution in [0.1, 0.15) is 11.1 Å². The standard InChI is InChI=1S/C20H12N2O6S/c23-18-13(11-28-16-4-2-1-3-15(16)18)9-17-19(24)21(20(25)29-17)10-12-5-7-14(8-6-12)22(26)27/h1-9,11H,10H2/b17-9-. The maximum Gasteiger partial charge on any atom is 0.293 e. The van der Waals surface area contributed by atoms with Crippen LogP contribution < -0.4 is 5.43 Å². The van der Waals surface area contributed by atoms with Crippen LogP contribution in [0.2, 0.25) is 0 Å². The first-order chi connectivity index (χ1) is 13.9. The van der Waals surface area contributed by atoms with Crippen LogP contribution in [0.15, 0.2) is 68.9 Å². The molecule has 0 spiro atoms. The van der Waals surface area contributed by atoms with Gasteiger partial charge in [-0.1, -0.05) is 24.3 Å². The Kier molecular flexibility index (Phi) is 4.73. The highest BCUT2D eigenvalue weighted by Gasteiger charge is 2.35. The lowest BCUT2D eigenvalue weighted by molar-refractivity contribution is -0.384. The summed E-state index contributed by atoms with van der Waals surface area (Å²) in [6.45, 7) is -0.0215. The van der Waals surface area contributed by atoms with Gasteiger partial charge in [0.2, 0.25) is 0 Å². The summed E-state index contributed by atoms with van der Waals surface area (Å²) in [5.41, 5.74) is 0.801. The van der Waals surface area contributed by atoms with Crippen LogP contribution in [-0.2, 0) is 11.3 Å². The van der Waals surface area contributed by atoms with E-state index in [0.717, 1.165) is 16.7 Å². The van der Waals surface area contributed by atoms with Gasteiger partial charge in [-0.2, -0.15) is 0 Å². The number of benzene rings is 2. The molecule has 0 bridgehead atoms. The number of non-ortho nitro benzene ring substituents is 1. The number of nitrogens with zero attached hydrogens (tertiary/aromatic N) is 2. The lowest BCUT2D eigenvalue weighted by atomic mass is 10.1. The fraction of sp³-hybridized carbons (Fsp3) is 0.0500. The zero-order chi connectivity index (χ0) is 20.5. The summed E-state index contributed by atoms with van der Waals surface area (Å²) >= 11 is 0.728. The first kappa shape index (κ1) is 18.6. The van der Waals surface area contributed by atoms with E-state index in [0.29, 0.717) is 16.5 Å². The zero-order valence-electron chi connectivity index (χ0n) is 14.7. The highest BCUT2D eigenvalue weighted by Crippen LogP contribution is 2.33. The maximum atomic E-state index is 12.6. The van der Waals surface area contributed by atoms with E-state index in [4.69, 9.17) is 4.42 Å². The molecule has 29 heavy (non-hydrogen) atoms. The number of carbonyl (C=O) groups excluding carboxylic acids is 2. The van der Waals surface area contributed by atoms with Gasteiger partial charge in [0, 0.05) is 12.1 Å². The first-order valence-electron chi connectivity index (χ1n) is 8.43. The highest BCUT2D eigenvalue weighted by atomic mass is 32.2. The van der Waals surface area contributed by atoms with Crippen molar-refractivity contribution in [2.24, 2.45) is 0 Å². The molecule has 0 atom stereocenters. The van der Waals surface area contributed by atoms with Gasteiger partial charge >= 0.3 is 0 Å². The fourth-order valence-electron chi connectivity index (χ4n) is 2.88. The monoisotopic (exact) mass is 408 g/mol. The Balaban J connectivity index is 1.60. The normalized spacial score (nSPS) is 15.4. The Bertz CT molecular complexity index is 1250. The smallest absolute Gasteiger partial charge is 0.293 e. The minimum absolute atomic E-state index is 0.0215. The molecule has 0 unspecified atom stereocenters. The lowest BCUT2D eigenvalue weighted by Crippen LogP contribution is -2.27. The van der Waals surface area contributed by atoms with Gasteiger partial charge in [0.25, 0.3) is 16.8 Å². The molecule has 0 saturated carbocycles. The molecule has 2 heterocycles. The highest BCUT2D eigenvalue weighted by molar-refractivity contribution is 8.18. The summed E-state index contributed by atoms with van der Waals surface area (Å²) in [6, 6.07) is 12.3. The van der Waals surface area contributed by atoms with Gasteiger partial charge in [0.1, 0.15) is 11.8 Å². The Labute approximate surface area is 167 Å². The number of hydrogen-bond acceptors (Lipinski definition) is 7. The Morgan fingerprint density at radius 2 is 1.79 bits per heavy atom. The molecule has 3 aromatic rings. The molecule has 1 aliphatic heterocycles. The Morgan fingerprint density at radius 3 is 2.52 bits per heavy atom. The molecular weight excluding hydrogens is 396 g/mol. The third kappa shape index (κ3) is 3.55. The summed E-state index contributed by atoms with van der Waals surface area (Å²) in [7, 11) is 0. The molecule has 2 aromatic carbocycles. The molecule has 9 heteroatoms. The lowest BCUT2D eigenvalue weighted by Gasteiger charge is -2.12. The minimum Gasteiger partial charge on any atom is -0.463 e. The molecule has 1 aromatic heterocycles. The van der Waals surface area contributed by atoms with Crippen molar-refractivity contribution in [1.82, 2.24) is 4.90 Å². The molecule has 2 amide bonds. The largest absolute Gasteiger partial charge is 0.463 e. The van der Waals surface area contributed by atoms with Gasteiger partial charge in [-0.05, 0) is 35.5 Å². The fourth-order valence-corrected chi connectivity index (χ4v) is 3.70. The average molecular weight is 408 g/mol. The van der Waals surface area contributed by atoms with E-state index in [-0.39, 0.29) is 28.1 Å². The van der Waals surface area contributed by atoms with Crippen molar-refractivity contribution in [3.8, 4) is 0 Å². The van der Waals surface area contributed by atoms with E-state index in [9.17, 15) is 24.5 Å². The number of para-hydroxylation sites is 1. The Morgan fingerprint density at radius 1 is 1.07 bits per heavy atom. The van der Waals surface area contributed by atoms with Crippen LogP contribution >= 0.6 is 11.8 Å². The molecule has 4 rings (SSSR count). The quantitative estimate of drug-likeness (QED) is 0.365. The summed E-state index contributed by atoms with van der Waals surface area (Å²) in [6.07, 6.45) is 2.61. The van der Waals surface area contributed by atoms with Crippen molar-refractivity contribution in [2.75, 3.05) is 0 Å². The van der Waals surface area contributed by atoms with E-state index in [1.807, 2.05) is 0 Å². The molecule has 0 N–H and O–H groups in total. The van der Waals surface area contributed by atoms with Crippen molar-refractivity contribution in [3.05, 3.63) is 91.2 Å². The topological polar surface area (TPSA) is 111 Å². The van der Waals surface area contributed by atoms with E-state index >= 15 is 0 Å². The third-order valence-corrected chi connectivity index (χ3v) is 5.26. The van der Waals surface area contributed by atoms with E-state index in [1.54, 1.807) is 24.3 Å². The summed E-state index contributed by atoms with van der Waals surface area (Å²) in [5.74, 6) is -0.536. The number of thioether (sulfide) groups is 1. The van der Waals surface area contributed by atoms with Crippen LogP contribution in [0.5, 0.6) is 0 Å². The number of fused-ring (bicyclic) bond motifs is 1. The zero-order valence-corrected chi connectivity index (χ0v) is 15.5. The predicted molar refractivity (Wildman–Crippen MR) is 107 cm³/mol. The van der Waals surface area contributed by atoms with Crippen molar-refractivity contribution in [1.29, 1.82) is 0 Å². The number of imide groups is 1. The summed E-state index contributed by atoms with van der Waals surface area (Å²) in [4.78, 5) is 48.9. The van der Waals surface area contributed by atoms with E-state index in [1.165, 1.54) is 36.6 Å². The second-order valence-corrected chi connectivity index (χ2v) is 7.20. The molecule has 0 radical (unpaired) electrons. The maximum absolute atomic E-state index is 12.6. The third-order valence-electron chi connectivity index (χ3n) is 4.35. The number of carbonyl (C=O) groups is 2. The summed E-state index contributed by atoms with van der Waals surface area (Å²) < 4.78 is 5.43. The molecule has 0 aliphatic carbocycles. The van der Waals surface area contributed by atoms with Gasteiger partial charge in [-0.15, -0.1) is 0 Å². The van der Waals surface area contributed by atoms with Gasteiger partial charge in [0.15, 0.2) is 5.43 Å². The van der Waals surface area contributed by atoms with Crippen LogP contribution in [0.3, 0.4) is 0 Å².